The van der Waals surface area contributed by atoms with E-state index in [1.165, 1.54) is 56.6 Å². The van der Waals surface area contributed by atoms with E-state index in [2.05, 4.69) is 10.1 Å². The second-order valence-electron chi connectivity index (χ2n) is 5.37. The minimum atomic E-state index is -0.583. The van der Waals surface area contributed by atoms with E-state index in [4.69, 9.17) is 9.47 Å². The van der Waals surface area contributed by atoms with Crippen molar-refractivity contribution in [2.75, 3.05) is 12.4 Å². The molecule has 0 radical (unpaired) electrons. The van der Waals surface area contributed by atoms with Gasteiger partial charge in [0.1, 0.15) is 5.00 Å². The predicted molar refractivity (Wildman–Crippen MR) is 102 cm³/mol. The van der Waals surface area contributed by atoms with Crippen molar-refractivity contribution in [2.24, 2.45) is 0 Å². The van der Waals surface area contributed by atoms with Gasteiger partial charge in [0.25, 0.3) is 0 Å². The zero-order valence-electron chi connectivity index (χ0n) is 15.3. The van der Waals surface area contributed by atoms with E-state index in [0.717, 1.165) is 0 Å². The maximum absolute atomic E-state index is 12.1. The van der Waals surface area contributed by atoms with Crippen LogP contribution in [0.15, 0.2) is 35.7 Å². The lowest BCUT2D eigenvalue weighted by Crippen LogP contribution is -2.10. The molecule has 8 nitrogen and oxygen atoms in total. The summed E-state index contributed by atoms with van der Waals surface area (Å²) >= 11 is 1.19. The first-order chi connectivity index (χ1) is 13.3. The Labute approximate surface area is 164 Å². The molecule has 28 heavy (non-hydrogen) atoms. The molecular weight excluding hydrogens is 386 g/mol. The largest absolute Gasteiger partial charge is 0.465 e. The third-order valence-corrected chi connectivity index (χ3v) is 4.04. The van der Waals surface area contributed by atoms with E-state index < -0.39 is 23.8 Å². The van der Waals surface area contributed by atoms with Crippen LogP contribution in [0.5, 0.6) is 11.5 Å². The maximum Gasteiger partial charge on any atom is 0.340 e. The fourth-order valence-electron chi connectivity index (χ4n) is 2.10. The Morgan fingerprint density at radius 2 is 1.68 bits per heavy atom. The number of hydrogen-bond donors (Lipinski definition) is 1. The number of carbonyl (C=O) groups excluding carboxylic acids is 4. The summed E-state index contributed by atoms with van der Waals surface area (Å²) in [6, 6.07) is 6.04. The van der Waals surface area contributed by atoms with Crippen molar-refractivity contribution in [1.82, 2.24) is 0 Å². The fourth-order valence-corrected chi connectivity index (χ4v) is 2.88. The van der Waals surface area contributed by atoms with E-state index in [1.54, 1.807) is 17.5 Å². The number of anilines is 1. The number of thiophene rings is 1. The number of hydrogen-bond acceptors (Lipinski definition) is 8. The van der Waals surface area contributed by atoms with Gasteiger partial charge in [-0.1, -0.05) is 6.07 Å². The van der Waals surface area contributed by atoms with Gasteiger partial charge in [-0.05, 0) is 35.2 Å². The SMILES string of the molecule is COC(=O)c1ccsc1NC(=O)C=Cc1ccc(OC(C)=O)c(OC(C)=O)c1. The van der Waals surface area contributed by atoms with Crippen molar-refractivity contribution in [3.05, 3.63) is 46.8 Å². The number of rotatable bonds is 6. The van der Waals surface area contributed by atoms with Gasteiger partial charge in [-0.25, -0.2) is 4.79 Å². The van der Waals surface area contributed by atoms with Crippen LogP contribution in [0.2, 0.25) is 0 Å². The molecule has 0 unspecified atom stereocenters. The molecule has 2 rings (SSSR count). The van der Waals surface area contributed by atoms with Crippen molar-refractivity contribution < 1.29 is 33.4 Å². The number of esters is 3. The first-order valence-electron chi connectivity index (χ1n) is 7.96. The summed E-state index contributed by atoms with van der Waals surface area (Å²) < 4.78 is 14.7. The number of amides is 1. The normalized spacial score (nSPS) is 10.4. The Bertz CT molecular complexity index is 946. The molecule has 0 saturated carbocycles. The van der Waals surface area contributed by atoms with Crippen molar-refractivity contribution in [2.45, 2.75) is 13.8 Å². The van der Waals surface area contributed by atoms with Crippen LogP contribution in [0.4, 0.5) is 5.00 Å². The Hall–Kier alpha value is -3.46. The molecule has 1 heterocycles. The first kappa shape index (κ1) is 20.8. The van der Waals surface area contributed by atoms with Crippen LogP contribution >= 0.6 is 11.3 Å². The highest BCUT2D eigenvalue weighted by molar-refractivity contribution is 7.14. The van der Waals surface area contributed by atoms with Gasteiger partial charge >= 0.3 is 17.9 Å². The number of ether oxygens (including phenoxy) is 3. The summed E-state index contributed by atoms with van der Waals surface area (Å²) in [7, 11) is 1.26. The van der Waals surface area contributed by atoms with Gasteiger partial charge < -0.3 is 19.5 Å². The Balaban J connectivity index is 2.15. The smallest absolute Gasteiger partial charge is 0.340 e. The van der Waals surface area contributed by atoms with Crippen LogP contribution in [0, 0.1) is 0 Å². The van der Waals surface area contributed by atoms with Gasteiger partial charge in [0.2, 0.25) is 5.91 Å². The van der Waals surface area contributed by atoms with Crippen LogP contribution in [0.1, 0.15) is 29.8 Å². The standard InChI is InChI=1S/C19H17NO7S/c1-11(21)26-15-6-4-13(10-16(15)27-12(2)22)5-7-17(23)20-18-14(8-9-28-18)19(24)25-3/h4-10H,1-3H3,(H,20,23). The van der Waals surface area contributed by atoms with Gasteiger partial charge in [0, 0.05) is 19.9 Å². The predicted octanol–water partition coefficient (Wildman–Crippen LogP) is 3.04. The van der Waals surface area contributed by atoms with Gasteiger partial charge in [0.05, 0.1) is 12.7 Å². The monoisotopic (exact) mass is 403 g/mol. The number of benzene rings is 1. The highest BCUT2D eigenvalue weighted by Crippen LogP contribution is 2.29. The molecule has 146 valence electrons. The Morgan fingerprint density at radius 1 is 1.00 bits per heavy atom. The molecule has 0 bridgehead atoms. The lowest BCUT2D eigenvalue weighted by Gasteiger charge is -2.09. The molecule has 2 aromatic rings. The molecule has 0 aliphatic carbocycles. The van der Waals surface area contributed by atoms with Crippen LogP contribution < -0.4 is 14.8 Å². The molecule has 0 atom stereocenters. The topological polar surface area (TPSA) is 108 Å². The van der Waals surface area contributed by atoms with E-state index >= 15 is 0 Å². The summed E-state index contributed by atoms with van der Waals surface area (Å²) in [6.45, 7) is 2.44. The van der Waals surface area contributed by atoms with E-state index in [9.17, 15) is 19.2 Å². The van der Waals surface area contributed by atoms with Crippen LogP contribution in [-0.2, 0) is 19.1 Å². The molecule has 9 heteroatoms. The summed E-state index contributed by atoms with van der Waals surface area (Å²) in [6.07, 6.45) is 2.73. The molecular formula is C19H17NO7S. The number of carbonyl (C=O) groups is 4. The average Bonchev–Trinajstić information content (AvgIpc) is 3.08. The summed E-state index contributed by atoms with van der Waals surface area (Å²) in [5.41, 5.74) is 0.791. The zero-order valence-corrected chi connectivity index (χ0v) is 16.1. The van der Waals surface area contributed by atoms with Gasteiger partial charge in [0.15, 0.2) is 11.5 Å². The van der Waals surface area contributed by atoms with E-state index in [0.29, 0.717) is 10.6 Å². The molecule has 0 aliphatic rings. The van der Waals surface area contributed by atoms with Crippen molar-refractivity contribution in [1.29, 1.82) is 0 Å². The van der Waals surface area contributed by atoms with E-state index in [1.807, 2.05) is 0 Å². The molecule has 1 N–H and O–H groups in total. The first-order valence-corrected chi connectivity index (χ1v) is 8.84. The molecule has 1 aromatic carbocycles. The Morgan fingerprint density at radius 3 is 2.32 bits per heavy atom. The van der Waals surface area contributed by atoms with Crippen molar-refractivity contribution in [3.8, 4) is 11.5 Å². The minimum absolute atomic E-state index is 0.0523. The number of methoxy groups -OCH3 is 1. The zero-order chi connectivity index (χ0) is 20.7. The third kappa shape index (κ3) is 5.78. The average molecular weight is 403 g/mol. The fraction of sp³-hybridized carbons (Fsp3) is 0.158. The maximum atomic E-state index is 12.1. The van der Waals surface area contributed by atoms with Crippen LogP contribution in [-0.4, -0.2) is 30.9 Å². The van der Waals surface area contributed by atoms with Gasteiger partial charge in [-0.3, -0.25) is 14.4 Å². The molecule has 1 aromatic heterocycles. The van der Waals surface area contributed by atoms with E-state index in [-0.39, 0.29) is 17.1 Å². The van der Waals surface area contributed by atoms with Crippen molar-refractivity contribution in [3.63, 3.8) is 0 Å². The summed E-state index contributed by atoms with van der Waals surface area (Å²) in [5.74, 6) is -2.02. The molecule has 0 aliphatic heterocycles. The third-order valence-electron chi connectivity index (χ3n) is 3.21. The molecule has 0 spiro atoms. The summed E-state index contributed by atoms with van der Waals surface area (Å²) in [4.78, 5) is 46.1. The highest BCUT2D eigenvalue weighted by atomic mass is 32.1. The molecule has 0 saturated heterocycles. The van der Waals surface area contributed by atoms with Gasteiger partial charge in [-0.15, -0.1) is 11.3 Å². The second-order valence-corrected chi connectivity index (χ2v) is 6.29. The molecule has 1 amide bonds. The highest BCUT2D eigenvalue weighted by Gasteiger charge is 2.14. The summed E-state index contributed by atoms with van der Waals surface area (Å²) in [5, 5.41) is 4.62. The quantitative estimate of drug-likeness (QED) is 0.449. The Kier molecular flexibility index (Phi) is 7.05. The number of nitrogens with one attached hydrogen (secondary N) is 1. The minimum Gasteiger partial charge on any atom is -0.465 e. The second kappa shape index (κ2) is 9.47. The van der Waals surface area contributed by atoms with Crippen LogP contribution in [0.3, 0.4) is 0 Å². The molecule has 0 fully saturated rings. The van der Waals surface area contributed by atoms with Crippen LogP contribution in [0.25, 0.3) is 6.08 Å². The van der Waals surface area contributed by atoms with Gasteiger partial charge in [-0.2, -0.15) is 0 Å². The lowest BCUT2D eigenvalue weighted by atomic mass is 10.2. The lowest BCUT2D eigenvalue weighted by molar-refractivity contribution is -0.134. The van der Waals surface area contributed by atoms with Crippen molar-refractivity contribution >= 4 is 46.2 Å².